The van der Waals surface area contributed by atoms with Crippen LogP contribution in [0.3, 0.4) is 0 Å². The molecule has 0 fully saturated rings. The second-order valence-electron chi connectivity index (χ2n) is 4.85. The highest BCUT2D eigenvalue weighted by molar-refractivity contribution is 7.11. The van der Waals surface area contributed by atoms with Crippen molar-refractivity contribution in [3.63, 3.8) is 0 Å². The lowest BCUT2D eigenvalue weighted by Gasteiger charge is -2.22. The van der Waals surface area contributed by atoms with Crippen molar-refractivity contribution in [2.45, 2.75) is 20.0 Å². The van der Waals surface area contributed by atoms with Crippen molar-refractivity contribution in [2.75, 3.05) is 14.1 Å². The van der Waals surface area contributed by atoms with Crippen molar-refractivity contribution in [1.29, 1.82) is 0 Å². The minimum atomic E-state index is 0.565. The Balaban J connectivity index is 1.96. The number of guanidine groups is 1. The van der Waals surface area contributed by atoms with Gasteiger partial charge in [0.1, 0.15) is 0 Å². The molecular weight excluding hydrogens is 339 g/mol. The fourth-order valence-electron chi connectivity index (χ4n) is 2.02. The van der Waals surface area contributed by atoms with Gasteiger partial charge in [-0.15, -0.1) is 11.3 Å². The second kappa shape index (κ2) is 7.81. The molecule has 2 rings (SSSR count). The van der Waals surface area contributed by atoms with Crippen molar-refractivity contribution in [3.8, 4) is 0 Å². The van der Waals surface area contributed by atoms with Crippen molar-refractivity contribution < 1.29 is 0 Å². The van der Waals surface area contributed by atoms with Crippen molar-refractivity contribution in [1.82, 2.24) is 15.2 Å². The van der Waals surface area contributed by atoms with Gasteiger partial charge < -0.3 is 10.2 Å². The third kappa shape index (κ3) is 4.60. The number of thiazole rings is 1. The maximum Gasteiger partial charge on any atom is 0.193 e. The van der Waals surface area contributed by atoms with Crippen LogP contribution >= 0.6 is 34.5 Å². The lowest BCUT2D eigenvalue weighted by atomic mass is 10.2. The zero-order chi connectivity index (χ0) is 16.1. The number of aromatic nitrogens is 1. The zero-order valence-electron chi connectivity index (χ0n) is 12.7. The molecule has 0 aliphatic heterocycles. The van der Waals surface area contributed by atoms with E-state index >= 15 is 0 Å². The normalized spacial score (nSPS) is 11.6. The van der Waals surface area contributed by atoms with Gasteiger partial charge in [0.05, 0.1) is 21.6 Å². The average Bonchev–Trinajstić information content (AvgIpc) is 2.89. The molecule has 2 aromatic rings. The van der Waals surface area contributed by atoms with E-state index in [0.29, 0.717) is 23.1 Å². The lowest BCUT2D eigenvalue weighted by Crippen LogP contribution is -2.37. The standard InChI is InChI=1S/C15H18Cl2N4S/c1-10-19-7-12(22-10)8-20-15(18-2)21(3)9-11-4-5-13(16)14(17)6-11/h4-7H,8-9H2,1-3H3,(H,18,20). The van der Waals surface area contributed by atoms with Crippen LogP contribution in [0.4, 0.5) is 0 Å². The van der Waals surface area contributed by atoms with Crippen LogP contribution in [0, 0.1) is 6.92 Å². The van der Waals surface area contributed by atoms with Gasteiger partial charge in [0.25, 0.3) is 0 Å². The topological polar surface area (TPSA) is 40.5 Å². The third-order valence-corrected chi connectivity index (χ3v) is 4.72. The van der Waals surface area contributed by atoms with Gasteiger partial charge in [0.15, 0.2) is 5.96 Å². The van der Waals surface area contributed by atoms with E-state index in [4.69, 9.17) is 23.2 Å². The Morgan fingerprint density at radius 1 is 1.36 bits per heavy atom. The summed E-state index contributed by atoms with van der Waals surface area (Å²) in [7, 11) is 3.75. The van der Waals surface area contributed by atoms with Crippen LogP contribution < -0.4 is 5.32 Å². The second-order valence-corrected chi connectivity index (χ2v) is 6.98. The van der Waals surface area contributed by atoms with Gasteiger partial charge in [-0.2, -0.15) is 0 Å². The summed E-state index contributed by atoms with van der Waals surface area (Å²) in [6.07, 6.45) is 1.89. The molecule has 118 valence electrons. The number of hydrogen-bond donors (Lipinski definition) is 1. The van der Waals surface area contributed by atoms with Gasteiger partial charge in [-0.05, 0) is 24.6 Å². The summed E-state index contributed by atoms with van der Waals surface area (Å²) in [6, 6.07) is 5.65. The van der Waals surface area contributed by atoms with Crippen LogP contribution in [0.25, 0.3) is 0 Å². The van der Waals surface area contributed by atoms with E-state index in [1.807, 2.05) is 43.3 Å². The number of hydrogen-bond acceptors (Lipinski definition) is 3. The molecule has 0 aliphatic carbocycles. The first-order chi connectivity index (χ1) is 10.5. The fraction of sp³-hybridized carbons (Fsp3) is 0.333. The van der Waals surface area contributed by atoms with Gasteiger partial charge in [0, 0.05) is 31.7 Å². The SMILES string of the molecule is CN=C(NCc1cnc(C)s1)N(C)Cc1ccc(Cl)c(Cl)c1. The lowest BCUT2D eigenvalue weighted by molar-refractivity contribution is 0.477. The number of aryl methyl sites for hydroxylation is 1. The van der Waals surface area contributed by atoms with Crippen LogP contribution in [0.15, 0.2) is 29.4 Å². The summed E-state index contributed by atoms with van der Waals surface area (Å²) >= 11 is 13.7. The van der Waals surface area contributed by atoms with Gasteiger partial charge in [-0.1, -0.05) is 29.3 Å². The Morgan fingerprint density at radius 2 is 2.14 bits per heavy atom. The Morgan fingerprint density at radius 3 is 2.73 bits per heavy atom. The molecule has 0 atom stereocenters. The predicted octanol–water partition coefficient (Wildman–Crippen LogP) is 3.97. The molecule has 0 bridgehead atoms. The summed E-state index contributed by atoms with van der Waals surface area (Å²) in [5.41, 5.74) is 1.08. The van der Waals surface area contributed by atoms with Gasteiger partial charge in [-0.3, -0.25) is 4.99 Å². The van der Waals surface area contributed by atoms with E-state index in [0.717, 1.165) is 16.5 Å². The van der Waals surface area contributed by atoms with Gasteiger partial charge in [-0.25, -0.2) is 4.98 Å². The van der Waals surface area contributed by atoms with E-state index in [1.165, 1.54) is 4.88 Å². The molecule has 1 aromatic carbocycles. The molecule has 0 aliphatic rings. The quantitative estimate of drug-likeness (QED) is 0.665. The van der Waals surface area contributed by atoms with Crippen molar-refractivity contribution in [3.05, 3.63) is 49.9 Å². The first kappa shape index (κ1) is 17.1. The number of nitrogens with zero attached hydrogens (tertiary/aromatic N) is 3. The van der Waals surface area contributed by atoms with Crippen molar-refractivity contribution in [2.24, 2.45) is 4.99 Å². The maximum absolute atomic E-state index is 6.05. The molecule has 1 N–H and O–H groups in total. The molecule has 0 radical (unpaired) electrons. The number of benzene rings is 1. The maximum atomic E-state index is 6.05. The first-order valence-corrected chi connectivity index (χ1v) is 8.34. The molecule has 7 heteroatoms. The summed E-state index contributed by atoms with van der Waals surface area (Å²) in [6.45, 7) is 3.40. The zero-order valence-corrected chi connectivity index (χ0v) is 15.1. The molecule has 0 spiro atoms. The molecule has 0 saturated heterocycles. The third-order valence-electron chi connectivity index (χ3n) is 3.07. The highest BCUT2D eigenvalue weighted by atomic mass is 35.5. The monoisotopic (exact) mass is 356 g/mol. The Hall–Kier alpha value is -1.30. The van der Waals surface area contributed by atoms with E-state index in [-0.39, 0.29) is 0 Å². The molecule has 22 heavy (non-hydrogen) atoms. The molecular formula is C15H18Cl2N4S. The molecule has 0 amide bonds. The van der Waals surface area contributed by atoms with Crippen LogP contribution in [0.5, 0.6) is 0 Å². The number of rotatable bonds is 4. The highest BCUT2D eigenvalue weighted by Gasteiger charge is 2.08. The minimum Gasteiger partial charge on any atom is -0.351 e. The summed E-state index contributed by atoms with van der Waals surface area (Å²) in [5, 5.41) is 5.53. The summed E-state index contributed by atoms with van der Waals surface area (Å²) in [4.78, 5) is 11.8. The Bertz CT molecular complexity index is 669. The molecule has 4 nitrogen and oxygen atoms in total. The first-order valence-electron chi connectivity index (χ1n) is 6.76. The number of aliphatic imine (C=N–C) groups is 1. The largest absolute Gasteiger partial charge is 0.351 e. The number of nitrogens with one attached hydrogen (secondary N) is 1. The Kier molecular flexibility index (Phi) is 6.06. The Labute approximate surface area is 144 Å². The summed E-state index contributed by atoms with van der Waals surface area (Å²) < 4.78 is 0. The van der Waals surface area contributed by atoms with E-state index in [2.05, 4.69) is 15.3 Å². The van der Waals surface area contributed by atoms with Crippen LogP contribution in [-0.4, -0.2) is 29.9 Å². The molecule has 0 unspecified atom stereocenters. The molecule has 1 heterocycles. The van der Waals surface area contributed by atoms with Gasteiger partial charge in [0.2, 0.25) is 0 Å². The van der Waals surface area contributed by atoms with Gasteiger partial charge >= 0.3 is 0 Å². The van der Waals surface area contributed by atoms with E-state index < -0.39 is 0 Å². The smallest absolute Gasteiger partial charge is 0.193 e. The van der Waals surface area contributed by atoms with E-state index in [9.17, 15) is 0 Å². The minimum absolute atomic E-state index is 0.565. The predicted molar refractivity (Wildman–Crippen MR) is 95.0 cm³/mol. The van der Waals surface area contributed by atoms with Crippen LogP contribution in [0.2, 0.25) is 10.0 Å². The average molecular weight is 357 g/mol. The van der Waals surface area contributed by atoms with Crippen LogP contribution in [0.1, 0.15) is 15.4 Å². The van der Waals surface area contributed by atoms with E-state index in [1.54, 1.807) is 18.4 Å². The summed E-state index contributed by atoms with van der Waals surface area (Å²) in [5.74, 6) is 0.817. The molecule has 0 saturated carbocycles. The highest BCUT2D eigenvalue weighted by Crippen LogP contribution is 2.23. The van der Waals surface area contributed by atoms with Crippen molar-refractivity contribution >= 4 is 40.5 Å². The molecule has 1 aromatic heterocycles. The number of halogens is 2. The van der Waals surface area contributed by atoms with Crippen LogP contribution in [-0.2, 0) is 13.1 Å². The fourth-order valence-corrected chi connectivity index (χ4v) is 3.08.